The normalized spacial score (nSPS) is 21.8. The minimum absolute atomic E-state index is 0.0172. The average molecular weight is 498 g/mol. The number of aliphatic carboxylic acids is 2. The molecule has 1 aliphatic rings. The molecule has 1 aliphatic heterocycles. The van der Waals surface area contributed by atoms with E-state index in [9.17, 15) is 9.59 Å². The van der Waals surface area contributed by atoms with Gasteiger partial charge in [0.05, 0.1) is 44.6 Å². The Morgan fingerprint density at radius 3 is 2.08 bits per heavy atom. The molecule has 0 spiro atoms. The first kappa shape index (κ1) is 28.5. The lowest BCUT2D eigenvalue weighted by Gasteiger charge is -2.43. The smallest absolute Gasteiger partial charge is 0.332 e. The number of carboxylic acids is 2. The van der Waals surface area contributed by atoms with Crippen LogP contribution in [0.1, 0.15) is 37.3 Å². The summed E-state index contributed by atoms with van der Waals surface area (Å²) in [6.07, 6.45) is 1.59. The van der Waals surface area contributed by atoms with Crippen LogP contribution in [-0.4, -0.2) is 56.1 Å². The zero-order chi connectivity index (χ0) is 26.7. The Hall–Kier alpha value is -3.72. The Labute approximate surface area is 211 Å². The molecule has 9 heteroatoms. The van der Waals surface area contributed by atoms with E-state index in [1.54, 1.807) is 0 Å². The molecule has 0 saturated carbocycles. The summed E-state index contributed by atoms with van der Waals surface area (Å²) in [5, 5.41) is 21.0. The second kappa shape index (κ2) is 13.4. The predicted octanol–water partition coefficient (Wildman–Crippen LogP) is -1.53. The number of carbonyl (C=O) groups excluding carboxylic acids is 4. The van der Waals surface area contributed by atoms with Gasteiger partial charge in [-0.25, -0.2) is 4.79 Å². The van der Waals surface area contributed by atoms with E-state index in [0.717, 1.165) is 31.6 Å². The van der Waals surface area contributed by atoms with Gasteiger partial charge in [0.25, 0.3) is 0 Å². The Morgan fingerprint density at radius 1 is 1.03 bits per heavy atom. The van der Waals surface area contributed by atoms with Crippen LogP contribution >= 0.6 is 0 Å². The maximum atomic E-state index is 13.0. The summed E-state index contributed by atoms with van der Waals surface area (Å²) in [6, 6.07) is 20.1. The van der Waals surface area contributed by atoms with Gasteiger partial charge in [-0.1, -0.05) is 67.6 Å². The summed E-state index contributed by atoms with van der Waals surface area (Å²) < 4.78 is 5.15. The van der Waals surface area contributed by atoms with Crippen molar-refractivity contribution in [3.05, 3.63) is 71.8 Å². The summed E-state index contributed by atoms with van der Waals surface area (Å²) >= 11 is 0. The van der Waals surface area contributed by atoms with Crippen LogP contribution in [0.15, 0.2) is 60.7 Å². The zero-order valence-corrected chi connectivity index (χ0v) is 20.8. The molecule has 0 bridgehead atoms. The van der Waals surface area contributed by atoms with Crippen LogP contribution in [0.25, 0.3) is 0 Å². The van der Waals surface area contributed by atoms with Crippen molar-refractivity contribution in [3.8, 4) is 0 Å². The van der Waals surface area contributed by atoms with Crippen LogP contribution in [0.5, 0.6) is 0 Å². The zero-order valence-electron chi connectivity index (χ0n) is 20.8. The average Bonchev–Trinajstić information content (AvgIpc) is 2.89. The molecule has 2 unspecified atom stereocenters. The molecular formula is C27H33N2O7-. The highest BCUT2D eigenvalue weighted by Gasteiger charge is 2.51. The number of hydrogen-bond acceptors (Lipinski definition) is 7. The number of methoxy groups -OCH3 is 1. The first-order chi connectivity index (χ1) is 17.1. The van der Waals surface area contributed by atoms with E-state index in [1.165, 1.54) is 17.6 Å². The van der Waals surface area contributed by atoms with Gasteiger partial charge in [-0.05, 0) is 18.1 Å². The molecule has 2 aromatic carbocycles. The van der Waals surface area contributed by atoms with Gasteiger partial charge in [0.1, 0.15) is 0 Å². The lowest BCUT2D eigenvalue weighted by Crippen LogP contribution is -3.15. The Kier molecular flexibility index (Phi) is 10.6. The summed E-state index contributed by atoms with van der Waals surface area (Å²) in [6.45, 7) is 6.58. The Balaban J connectivity index is 0.000000678. The molecule has 1 amide bonds. The number of piperidine rings is 1. The monoisotopic (exact) mass is 497 g/mol. The molecule has 4 atom stereocenters. The van der Waals surface area contributed by atoms with Gasteiger partial charge in [-0.2, -0.15) is 0 Å². The highest BCUT2D eigenvalue weighted by atomic mass is 16.5. The van der Waals surface area contributed by atoms with Crippen LogP contribution in [0, 0.1) is 5.92 Å². The summed E-state index contributed by atoms with van der Waals surface area (Å²) in [5.74, 6) is -5.19. The molecule has 2 N–H and O–H groups in total. The van der Waals surface area contributed by atoms with E-state index < -0.39 is 17.5 Å². The quantitative estimate of drug-likeness (QED) is 0.349. The van der Waals surface area contributed by atoms with Gasteiger partial charge in [-0.15, -0.1) is 0 Å². The fourth-order valence-electron chi connectivity index (χ4n) is 4.47. The number of rotatable bonds is 7. The van der Waals surface area contributed by atoms with Gasteiger partial charge >= 0.3 is 5.97 Å². The number of benzene rings is 2. The highest BCUT2D eigenvalue weighted by molar-refractivity contribution is 6.25. The van der Waals surface area contributed by atoms with Crippen LogP contribution < -0.4 is 20.4 Å². The number of esters is 1. The van der Waals surface area contributed by atoms with Crippen LogP contribution in [-0.2, 0) is 30.3 Å². The number of hydrogen-bond donors (Lipinski definition) is 2. The number of likely N-dealkylation sites (tertiary alicyclic amines) is 1. The molecule has 3 rings (SSSR count). The standard InChI is InChI=1S/C25H32N2O3.C2H2O4/c1-19-18-27(16-14-21-10-6-4-7-11-21)17-15-25(19,24(29)30-3)26-23(28)20(2)22-12-8-5-9-13-22;3-1(4)2(5)6/h4-13,19-20H,14-18H2,1-3H3,(H,26,28);(H,3,4)(H,5,6)/p-1/t19-,20?,25+;/m0./s1. The first-order valence-electron chi connectivity index (χ1n) is 11.9. The first-order valence-corrected chi connectivity index (χ1v) is 11.9. The number of nitrogens with one attached hydrogen (secondary N) is 2. The lowest BCUT2D eigenvalue weighted by molar-refractivity contribution is -0.909. The van der Waals surface area contributed by atoms with E-state index in [2.05, 4.69) is 29.6 Å². The number of carboxylic acid groups (broad SMARTS) is 2. The van der Waals surface area contributed by atoms with Crippen molar-refractivity contribution in [3.63, 3.8) is 0 Å². The van der Waals surface area contributed by atoms with Gasteiger partial charge in [-0.3, -0.25) is 4.79 Å². The Bertz CT molecular complexity index is 1020. The molecule has 1 fully saturated rings. The minimum Gasteiger partial charge on any atom is -0.543 e. The third-order valence-electron chi connectivity index (χ3n) is 6.67. The van der Waals surface area contributed by atoms with Gasteiger partial charge in [0, 0.05) is 18.8 Å². The second-order valence-electron chi connectivity index (χ2n) is 9.00. The fourth-order valence-corrected chi connectivity index (χ4v) is 4.47. The maximum Gasteiger partial charge on any atom is 0.332 e. The second-order valence-corrected chi connectivity index (χ2v) is 9.00. The molecule has 36 heavy (non-hydrogen) atoms. The number of ether oxygens (including phenoxy) is 1. The molecular weight excluding hydrogens is 464 g/mol. The molecule has 0 radical (unpaired) electrons. The van der Waals surface area contributed by atoms with Crippen molar-refractivity contribution in [2.24, 2.45) is 5.92 Å². The minimum atomic E-state index is -2.19. The van der Waals surface area contributed by atoms with Crippen LogP contribution in [0.2, 0.25) is 0 Å². The number of amides is 1. The summed E-state index contributed by atoms with van der Waals surface area (Å²) in [5.41, 5.74) is 1.30. The van der Waals surface area contributed by atoms with E-state index in [0.29, 0.717) is 6.42 Å². The van der Waals surface area contributed by atoms with E-state index in [1.807, 2.05) is 50.2 Å². The molecule has 1 saturated heterocycles. The fraction of sp³-hybridized carbons (Fsp3) is 0.407. The number of quaternary nitrogens is 1. The van der Waals surface area contributed by atoms with Crippen LogP contribution in [0.3, 0.4) is 0 Å². The highest BCUT2D eigenvalue weighted by Crippen LogP contribution is 2.26. The third kappa shape index (κ3) is 7.64. The maximum absolute atomic E-state index is 13.0. The molecule has 1 heterocycles. The molecule has 0 aromatic heterocycles. The third-order valence-corrected chi connectivity index (χ3v) is 6.67. The van der Waals surface area contributed by atoms with Crippen molar-refractivity contribution >= 4 is 23.8 Å². The molecule has 194 valence electrons. The van der Waals surface area contributed by atoms with E-state index in [4.69, 9.17) is 24.5 Å². The van der Waals surface area contributed by atoms with E-state index >= 15 is 0 Å². The SMILES string of the molecule is COC(=O)[C@@]1(NC(=O)C(C)c2ccccc2)CC[NH+](CCc2ccccc2)C[C@@H]1C.O=C([O-])C(=O)[O-]. The van der Waals surface area contributed by atoms with Crippen molar-refractivity contribution < 1.29 is 39.0 Å². The van der Waals surface area contributed by atoms with Gasteiger partial charge in [0.2, 0.25) is 5.91 Å². The molecule has 0 aliphatic carbocycles. The lowest BCUT2D eigenvalue weighted by atomic mass is 9.78. The van der Waals surface area contributed by atoms with Crippen molar-refractivity contribution in [1.29, 1.82) is 0 Å². The van der Waals surface area contributed by atoms with E-state index in [-0.39, 0.29) is 23.7 Å². The van der Waals surface area contributed by atoms with Gasteiger partial charge < -0.3 is 34.8 Å². The van der Waals surface area contributed by atoms with Crippen molar-refractivity contribution in [2.75, 3.05) is 26.7 Å². The van der Waals surface area contributed by atoms with Crippen molar-refractivity contribution in [2.45, 2.75) is 38.1 Å². The largest absolute Gasteiger partial charge is 0.543 e. The summed E-state index contributed by atoms with van der Waals surface area (Å²) in [4.78, 5) is 45.2. The topological polar surface area (TPSA) is 140 Å². The molecule has 9 nitrogen and oxygen atoms in total. The Morgan fingerprint density at radius 2 is 1.58 bits per heavy atom. The van der Waals surface area contributed by atoms with Gasteiger partial charge in [0.15, 0.2) is 5.54 Å². The van der Waals surface area contributed by atoms with Crippen LogP contribution in [0.4, 0.5) is 0 Å². The predicted molar refractivity (Wildman–Crippen MR) is 127 cm³/mol. The van der Waals surface area contributed by atoms with Crippen molar-refractivity contribution in [1.82, 2.24) is 5.32 Å². The summed E-state index contributed by atoms with van der Waals surface area (Å²) in [7, 11) is 1.40. The molecule has 2 aromatic rings. The number of carbonyl (C=O) groups is 4.